The van der Waals surface area contributed by atoms with E-state index in [0.29, 0.717) is 68.8 Å². The van der Waals surface area contributed by atoms with E-state index >= 15 is 0 Å². The van der Waals surface area contributed by atoms with E-state index < -0.39 is 15.9 Å². The van der Waals surface area contributed by atoms with Gasteiger partial charge < -0.3 is 23.7 Å². The molecular formula is C32H44N2O8S. The summed E-state index contributed by atoms with van der Waals surface area (Å²) in [5, 5.41) is 0. The maximum absolute atomic E-state index is 13.8. The van der Waals surface area contributed by atoms with E-state index in [2.05, 4.69) is 11.8 Å². The number of carbonyl (C=O) groups is 1. The van der Waals surface area contributed by atoms with Crippen molar-refractivity contribution in [3.05, 3.63) is 47.5 Å². The monoisotopic (exact) mass is 616 g/mol. The fourth-order valence-corrected chi connectivity index (χ4v) is 8.00. The second-order valence-corrected chi connectivity index (χ2v) is 13.4. The van der Waals surface area contributed by atoms with Crippen LogP contribution < -0.4 is 18.9 Å². The highest BCUT2D eigenvalue weighted by Crippen LogP contribution is 2.49. The summed E-state index contributed by atoms with van der Waals surface area (Å²) >= 11 is 0. The largest absolute Gasteiger partial charge is 0.486 e. The Hall–Kier alpha value is -3.02. The van der Waals surface area contributed by atoms with Gasteiger partial charge in [0, 0.05) is 38.1 Å². The van der Waals surface area contributed by atoms with E-state index in [1.165, 1.54) is 0 Å². The molecule has 43 heavy (non-hydrogen) atoms. The second kappa shape index (κ2) is 14.2. The van der Waals surface area contributed by atoms with Gasteiger partial charge in [-0.05, 0) is 55.2 Å². The Labute approximate surface area is 255 Å². The maximum atomic E-state index is 13.8. The highest BCUT2D eigenvalue weighted by molar-refractivity contribution is 7.89. The number of benzene rings is 2. The van der Waals surface area contributed by atoms with Gasteiger partial charge in [-0.3, -0.25) is 9.69 Å². The zero-order valence-electron chi connectivity index (χ0n) is 25.5. The Morgan fingerprint density at radius 2 is 1.56 bits per heavy atom. The minimum Gasteiger partial charge on any atom is -0.486 e. The minimum atomic E-state index is -3.41. The molecule has 0 amide bonds. The number of likely N-dealkylation sites (tertiary alicyclic amines) is 1. The van der Waals surface area contributed by atoms with Gasteiger partial charge >= 0.3 is 5.97 Å². The van der Waals surface area contributed by atoms with Crippen LogP contribution in [0, 0.1) is 5.92 Å². The molecule has 11 heteroatoms. The van der Waals surface area contributed by atoms with Gasteiger partial charge in [0.05, 0.1) is 18.3 Å². The van der Waals surface area contributed by atoms with E-state index in [-0.39, 0.29) is 37.1 Å². The van der Waals surface area contributed by atoms with Gasteiger partial charge in [-0.2, -0.15) is 0 Å². The Bertz CT molecular complexity index is 1370. The molecule has 1 fully saturated rings. The van der Waals surface area contributed by atoms with Gasteiger partial charge in [0.25, 0.3) is 0 Å². The molecular weight excluding hydrogens is 572 g/mol. The van der Waals surface area contributed by atoms with Crippen LogP contribution >= 0.6 is 0 Å². The Balaban J connectivity index is 1.50. The maximum Gasteiger partial charge on any atom is 0.311 e. The van der Waals surface area contributed by atoms with E-state index in [9.17, 15) is 13.2 Å². The van der Waals surface area contributed by atoms with Crippen LogP contribution in [0.4, 0.5) is 0 Å². The number of hydrogen-bond donors (Lipinski definition) is 0. The highest BCUT2D eigenvalue weighted by atomic mass is 32.2. The van der Waals surface area contributed by atoms with Gasteiger partial charge in [-0.1, -0.05) is 38.8 Å². The summed E-state index contributed by atoms with van der Waals surface area (Å²) < 4.78 is 56.9. The quantitative estimate of drug-likeness (QED) is 0.220. The number of carbonyl (C=O) groups excluding carboxylic acids is 1. The molecule has 0 aromatic heterocycles. The summed E-state index contributed by atoms with van der Waals surface area (Å²) in [5.74, 6) is 1.76. The SMILES string of the molecule is CCCCCS(=O)(=O)N(CCC)CCN1C[C@H](c2ccc3c(c2)OCO3)[C@@H](C(=O)OCC)[C@@H]1c1ccc2c(c1)OCCO2. The number of hydrogen-bond acceptors (Lipinski definition) is 9. The van der Waals surface area contributed by atoms with Gasteiger partial charge in [0.1, 0.15) is 13.2 Å². The first kappa shape index (κ1) is 31.4. The number of rotatable bonds is 14. The smallest absolute Gasteiger partial charge is 0.311 e. The number of unbranched alkanes of at least 4 members (excludes halogenated alkanes) is 2. The summed E-state index contributed by atoms with van der Waals surface area (Å²) in [5.41, 5.74) is 1.85. The van der Waals surface area contributed by atoms with E-state index in [1.54, 1.807) is 4.31 Å². The molecule has 3 aliphatic rings. The molecule has 2 aromatic carbocycles. The summed E-state index contributed by atoms with van der Waals surface area (Å²) in [6.07, 6.45) is 3.23. The zero-order chi connectivity index (χ0) is 30.4. The van der Waals surface area contributed by atoms with Crippen molar-refractivity contribution in [1.82, 2.24) is 9.21 Å². The molecule has 0 unspecified atom stereocenters. The van der Waals surface area contributed by atoms with E-state index in [0.717, 1.165) is 30.4 Å². The number of esters is 1. The zero-order valence-corrected chi connectivity index (χ0v) is 26.3. The summed E-state index contributed by atoms with van der Waals surface area (Å²) in [4.78, 5) is 16.0. The van der Waals surface area contributed by atoms with Crippen LogP contribution in [-0.2, 0) is 19.6 Å². The molecule has 3 atom stereocenters. The molecule has 0 N–H and O–H groups in total. The van der Waals surface area contributed by atoms with Crippen LogP contribution in [0.5, 0.6) is 23.0 Å². The van der Waals surface area contributed by atoms with Crippen LogP contribution in [0.25, 0.3) is 0 Å². The summed E-state index contributed by atoms with van der Waals surface area (Å²) in [7, 11) is -3.41. The average molecular weight is 617 g/mol. The molecule has 236 valence electrons. The molecule has 0 spiro atoms. The molecule has 10 nitrogen and oxygen atoms in total. The predicted molar refractivity (Wildman–Crippen MR) is 162 cm³/mol. The third-order valence-corrected chi connectivity index (χ3v) is 10.4. The fraction of sp³-hybridized carbons (Fsp3) is 0.594. The van der Waals surface area contributed by atoms with Gasteiger partial charge in [0.15, 0.2) is 23.0 Å². The van der Waals surface area contributed by atoms with Crippen molar-refractivity contribution in [2.75, 3.05) is 58.5 Å². The van der Waals surface area contributed by atoms with Crippen molar-refractivity contribution < 1.29 is 36.9 Å². The van der Waals surface area contributed by atoms with Crippen molar-refractivity contribution in [3.8, 4) is 23.0 Å². The van der Waals surface area contributed by atoms with Crippen molar-refractivity contribution in [2.24, 2.45) is 5.92 Å². The molecule has 0 radical (unpaired) electrons. The lowest BCUT2D eigenvalue weighted by Crippen LogP contribution is -2.40. The van der Waals surface area contributed by atoms with Crippen molar-refractivity contribution in [2.45, 2.75) is 58.4 Å². The lowest BCUT2D eigenvalue weighted by Gasteiger charge is -2.31. The van der Waals surface area contributed by atoms with Crippen molar-refractivity contribution in [3.63, 3.8) is 0 Å². The third-order valence-electron chi connectivity index (χ3n) is 8.40. The first-order chi connectivity index (χ1) is 20.9. The van der Waals surface area contributed by atoms with Crippen LogP contribution in [0.15, 0.2) is 36.4 Å². The molecule has 5 rings (SSSR count). The van der Waals surface area contributed by atoms with Gasteiger partial charge in [-0.25, -0.2) is 12.7 Å². The number of nitrogens with zero attached hydrogens (tertiary/aromatic N) is 2. The van der Waals surface area contributed by atoms with Crippen LogP contribution in [0.2, 0.25) is 0 Å². The van der Waals surface area contributed by atoms with Crippen LogP contribution in [0.1, 0.15) is 69.5 Å². The molecule has 0 saturated carbocycles. The van der Waals surface area contributed by atoms with E-state index in [4.69, 9.17) is 23.7 Å². The number of sulfonamides is 1. The topological polar surface area (TPSA) is 104 Å². The Kier molecular flexibility index (Phi) is 10.4. The first-order valence-electron chi connectivity index (χ1n) is 15.5. The van der Waals surface area contributed by atoms with Crippen LogP contribution in [0.3, 0.4) is 0 Å². The second-order valence-electron chi connectivity index (χ2n) is 11.3. The third kappa shape index (κ3) is 7.05. The minimum absolute atomic E-state index is 0.150. The normalized spacial score (nSPS) is 21.3. The summed E-state index contributed by atoms with van der Waals surface area (Å²) in [6, 6.07) is 11.3. The number of ether oxygens (including phenoxy) is 5. The lowest BCUT2D eigenvalue weighted by molar-refractivity contribution is -0.149. The average Bonchev–Trinajstić information content (AvgIpc) is 3.63. The standard InChI is InChI=1S/C32H44N2O8S/c1-4-7-8-18-43(36,37)34(13-5-2)15-14-33-21-25(23-9-11-27-29(19-23)42-22-41-27)30(32(35)38-6-3)31(33)24-10-12-26-28(20-24)40-17-16-39-26/h9-12,19-20,25,30-31H,4-8,13-18,21-22H2,1-3H3/t25-,30-,31+/m1/s1. The number of fused-ring (bicyclic) bond motifs is 2. The van der Waals surface area contributed by atoms with Gasteiger partial charge in [0.2, 0.25) is 16.8 Å². The fourth-order valence-electron chi connectivity index (χ4n) is 6.35. The molecule has 2 aromatic rings. The molecule has 1 saturated heterocycles. The van der Waals surface area contributed by atoms with Gasteiger partial charge in [-0.15, -0.1) is 0 Å². The highest BCUT2D eigenvalue weighted by Gasteiger charge is 2.48. The van der Waals surface area contributed by atoms with E-state index in [1.807, 2.05) is 50.2 Å². The molecule has 3 aliphatic heterocycles. The predicted octanol–water partition coefficient (Wildman–Crippen LogP) is 4.74. The first-order valence-corrected chi connectivity index (χ1v) is 17.1. The van der Waals surface area contributed by atoms with Crippen LogP contribution in [-0.4, -0.2) is 82.1 Å². The molecule has 3 heterocycles. The van der Waals surface area contributed by atoms with Crippen molar-refractivity contribution in [1.29, 1.82) is 0 Å². The molecule has 0 aliphatic carbocycles. The lowest BCUT2D eigenvalue weighted by atomic mass is 9.82. The Morgan fingerprint density at radius 1 is 0.884 bits per heavy atom. The van der Waals surface area contributed by atoms with Crippen molar-refractivity contribution >= 4 is 16.0 Å². The Morgan fingerprint density at radius 3 is 2.30 bits per heavy atom. The molecule has 0 bridgehead atoms. The summed E-state index contributed by atoms with van der Waals surface area (Å²) in [6.45, 7) is 9.04.